The molecule has 6 N–H and O–H groups in total. The third-order valence-electron chi connectivity index (χ3n) is 11.0. The maximum absolute atomic E-state index is 11.1. The molecule has 6 aromatic rings. The van der Waals surface area contributed by atoms with E-state index in [2.05, 4.69) is 32.7 Å². The Bertz CT molecular complexity index is 2710. The van der Waals surface area contributed by atoms with Crippen molar-refractivity contribution in [3.8, 4) is 46.3 Å². The van der Waals surface area contributed by atoms with Crippen LogP contribution in [0, 0.1) is 36.5 Å². The highest BCUT2D eigenvalue weighted by Gasteiger charge is 2.18. The standard InChI is InChI=1S/C52H50Cl2N6O10/c1-31-37(29-69-49-15-47(67-27-35-9-33(17-55)19-57-21-35)39(11-45(49)53)23-59-25-41(61)13-51(63)64)5-3-7-43(31)44-8-4-6-38(32(44)2)30-70-50-16-48(68-28-36-10-34(18-56)20-58-22-36)40(12-46(50)54)24-60-26-42(62)14-52(65)66/h3-12,15-16,19-22,41-42,59-62H,13-14,23-30H2,1-2H3,(H,63,64)(H,65,66)/t41-,42-/m1/s1. The maximum Gasteiger partial charge on any atom is 0.306 e. The molecule has 0 aliphatic heterocycles. The number of benzene rings is 4. The first kappa shape index (κ1) is 52.1. The van der Waals surface area contributed by atoms with Gasteiger partial charge in [-0.3, -0.25) is 19.6 Å². The van der Waals surface area contributed by atoms with Gasteiger partial charge in [0.05, 0.1) is 46.2 Å². The van der Waals surface area contributed by atoms with Gasteiger partial charge in [-0.25, -0.2) is 0 Å². The van der Waals surface area contributed by atoms with Gasteiger partial charge in [-0.15, -0.1) is 0 Å². The molecule has 0 fully saturated rings. The van der Waals surface area contributed by atoms with E-state index < -0.39 is 37.0 Å². The summed E-state index contributed by atoms with van der Waals surface area (Å²) in [6.45, 7) is 4.95. The molecule has 2 atom stereocenters. The van der Waals surface area contributed by atoms with E-state index in [0.717, 1.165) is 33.4 Å². The minimum Gasteiger partial charge on any atom is -0.488 e. The molecule has 6 rings (SSSR count). The van der Waals surface area contributed by atoms with Crippen LogP contribution >= 0.6 is 23.2 Å². The van der Waals surface area contributed by atoms with E-state index in [1.54, 1.807) is 48.8 Å². The number of hydrogen-bond acceptors (Lipinski definition) is 14. The van der Waals surface area contributed by atoms with Gasteiger partial charge < -0.3 is 50.0 Å². The molecular formula is C52H50Cl2N6O10. The van der Waals surface area contributed by atoms with Crippen LogP contribution in [0.5, 0.6) is 23.0 Å². The van der Waals surface area contributed by atoms with Crippen LogP contribution < -0.4 is 29.6 Å². The van der Waals surface area contributed by atoms with Crippen LogP contribution in [0.2, 0.25) is 10.0 Å². The van der Waals surface area contributed by atoms with Crippen LogP contribution in [-0.4, -0.2) is 67.6 Å². The summed E-state index contributed by atoms with van der Waals surface area (Å²) in [6.07, 6.45) is 3.08. The summed E-state index contributed by atoms with van der Waals surface area (Å²) < 4.78 is 25.1. The first-order chi connectivity index (χ1) is 33.7. The molecule has 0 aliphatic carbocycles. The molecule has 2 aromatic heterocycles. The van der Waals surface area contributed by atoms with Gasteiger partial charge in [0.2, 0.25) is 0 Å². The number of pyridine rings is 2. The predicted molar refractivity (Wildman–Crippen MR) is 259 cm³/mol. The zero-order chi connectivity index (χ0) is 50.2. The zero-order valence-corrected chi connectivity index (χ0v) is 39.8. The Morgan fingerprint density at radius 1 is 0.586 bits per heavy atom. The first-order valence-corrected chi connectivity index (χ1v) is 22.7. The van der Waals surface area contributed by atoms with Crippen molar-refractivity contribution in [2.75, 3.05) is 13.1 Å². The number of hydrogen-bond donors (Lipinski definition) is 6. The van der Waals surface area contributed by atoms with Crippen molar-refractivity contribution in [1.29, 1.82) is 10.5 Å². The molecule has 2 heterocycles. The van der Waals surface area contributed by atoms with Crippen LogP contribution in [0.15, 0.2) is 97.6 Å². The fourth-order valence-electron chi connectivity index (χ4n) is 7.36. The minimum absolute atomic E-state index is 0.0204. The Kier molecular flexibility index (Phi) is 18.9. The summed E-state index contributed by atoms with van der Waals surface area (Å²) in [4.78, 5) is 30.3. The van der Waals surface area contributed by atoms with Gasteiger partial charge in [0.25, 0.3) is 0 Å². The Labute approximate surface area is 414 Å². The Hall–Kier alpha value is -7.28. The lowest BCUT2D eigenvalue weighted by Gasteiger charge is -2.19. The number of aliphatic hydroxyl groups is 2. The van der Waals surface area contributed by atoms with E-state index in [1.807, 2.05) is 50.2 Å². The number of ether oxygens (including phenoxy) is 4. The molecule has 0 unspecified atom stereocenters. The monoisotopic (exact) mass is 988 g/mol. The number of nitrogens with zero attached hydrogens (tertiary/aromatic N) is 4. The summed E-state index contributed by atoms with van der Waals surface area (Å²) in [7, 11) is 0. The quantitative estimate of drug-likeness (QED) is 0.0318. The number of carbonyl (C=O) groups is 2. The molecule has 362 valence electrons. The number of aromatic nitrogens is 2. The second kappa shape index (κ2) is 25.4. The van der Waals surface area contributed by atoms with Crippen LogP contribution in [0.4, 0.5) is 0 Å². The fourth-order valence-corrected chi connectivity index (χ4v) is 7.85. The normalized spacial score (nSPS) is 11.8. The molecule has 0 aliphatic rings. The molecule has 16 nitrogen and oxygen atoms in total. The Morgan fingerprint density at radius 2 is 0.986 bits per heavy atom. The number of halogens is 2. The topological polar surface area (TPSA) is 249 Å². The van der Waals surface area contributed by atoms with Crippen LogP contribution in [0.25, 0.3) is 11.1 Å². The molecule has 0 saturated heterocycles. The summed E-state index contributed by atoms with van der Waals surface area (Å²) in [5.74, 6) is -0.678. The number of carboxylic acid groups (broad SMARTS) is 2. The van der Waals surface area contributed by atoms with Crippen LogP contribution in [0.1, 0.15) is 68.5 Å². The van der Waals surface area contributed by atoms with Crippen molar-refractivity contribution < 1.29 is 49.0 Å². The average molecular weight is 990 g/mol. The van der Waals surface area contributed by atoms with E-state index in [0.29, 0.717) is 66.4 Å². The first-order valence-electron chi connectivity index (χ1n) is 21.9. The number of aliphatic hydroxyl groups excluding tert-OH is 2. The number of rotatable bonds is 25. The van der Waals surface area contributed by atoms with Crippen LogP contribution in [-0.2, 0) is 49.1 Å². The summed E-state index contributed by atoms with van der Waals surface area (Å²) >= 11 is 13.6. The molecule has 0 amide bonds. The molecule has 0 spiro atoms. The summed E-state index contributed by atoms with van der Waals surface area (Å²) in [5.41, 5.74) is 9.05. The SMILES string of the molecule is Cc1c(COc2cc(OCc3cncc(C#N)c3)c(CNC[C@H](O)CC(=O)O)cc2Cl)cccc1-c1cccc(COc2cc(OCc3cncc(C#N)c3)c(CNC[C@H](O)CC(=O)O)cc2Cl)c1C. The van der Waals surface area contributed by atoms with Gasteiger partial charge in [-0.1, -0.05) is 59.6 Å². The second-order valence-corrected chi connectivity index (χ2v) is 17.1. The lowest BCUT2D eigenvalue weighted by Crippen LogP contribution is -2.28. The van der Waals surface area contributed by atoms with Gasteiger partial charge in [0.15, 0.2) is 0 Å². The highest BCUT2D eigenvalue weighted by Crippen LogP contribution is 2.37. The minimum atomic E-state index is -1.11. The highest BCUT2D eigenvalue weighted by molar-refractivity contribution is 6.32. The van der Waals surface area contributed by atoms with Gasteiger partial charge in [-0.2, -0.15) is 10.5 Å². The average Bonchev–Trinajstić information content (AvgIpc) is 3.33. The molecule has 0 saturated carbocycles. The molecule has 70 heavy (non-hydrogen) atoms. The number of nitriles is 2. The van der Waals surface area contributed by atoms with E-state index in [1.165, 1.54) is 12.4 Å². The smallest absolute Gasteiger partial charge is 0.306 e. The predicted octanol–water partition coefficient (Wildman–Crippen LogP) is 7.98. The van der Waals surface area contributed by atoms with Crippen LogP contribution in [0.3, 0.4) is 0 Å². The summed E-state index contributed by atoms with van der Waals surface area (Å²) in [6, 6.07) is 26.1. The second-order valence-electron chi connectivity index (χ2n) is 16.3. The van der Waals surface area contributed by atoms with Gasteiger partial charge in [-0.05, 0) is 71.5 Å². The van der Waals surface area contributed by atoms with Crippen molar-refractivity contribution in [1.82, 2.24) is 20.6 Å². The van der Waals surface area contributed by atoms with E-state index >= 15 is 0 Å². The van der Waals surface area contributed by atoms with Crippen molar-refractivity contribution in [3.05, 3.63) is 163 Å². The Balaban J connectivity index is 1.18. The largest absolute Gasteiger partial charge is 0.488 e. The van der Waals surface area contributed by atoms with E-state index in [-0.39, 0.29) is 52.6 Å². The van der Waals surface area contributed by atoms with E-state index in [9.17, 15) is 30.3 Å². The Morgan fingerprint density at radius 3 is 1.37 bits per heavy atom. The molecular weight excluding hydrogens is 940 g/mol. The lowest BCUT2D eigenvalue weighted by atomic mass is 9.92. The molecule has 0 radical (unpaired) electrons. The van der Waals surface area contributed by atoms with Crippen molar-refractivity contribution >= 4 is 35.1 Å². The molecule has 4 aromatic carbocycles. The number of aliphatic carboxylic acids is 2. The zero-order valence-electron chi connectivity index (χ0n) is 38.2. The van der Waals surface area contributed by atoms with Crippen molar-refractivity contribution in [2.24, 2.45) is 0 Å². The molecule has 0 bridgehead atoms. The fraction of sp³-hybridized carbons (Fsp3) is 0.269. The maximum atomic E-state index is 11.1. The third-order valence-corrected chi connectivity index (χ3v) is 11.6. The van der Waals surface area contributed by atoms with Crippen molar-refractivity contribution in [2.45, 2.75) is 78.4 Å². The molecule has 18 heteroatoms. The third kappa shape index (κ3) is 14.9. The van der Waals surface area contributed by atoms with Gasteiger partial charge in [0, 0.05) is 85.4 Å². The van der Waals surface area contributed by atoms with Gasteiger partial charge in [0.1, 0.15) is 61.6 Å². The number of nitrogens with one attached hydrogen (secondary N) is 2. The summed E-state index contributed by atoms with van der Waals surface area (Å²) in [5, 5.41) is 63.7. The number of carboxylic acids is 2. The highest BCUT2D eigenvalue weighted by atomic mass is 35.5. The van der Waals surface area contributed by atoms with E-state index in [4.69, 9.17) is 52.4 Å². The van der Waals surface area contributed by atoms with Gasteiger partial charge >= 0.3 is 11.9 Å². The van der Waals surface area contributed by atoms with Crippen molar-refractivity contribution in [3.63, 3.8) is 0 Å². The lowest BCUT2D eigenvalue weighted by molar-refractivity contribution is -0.140.